The highest BCUT2D eigenvalue weighted by Crippen LogP contribution is 2.60. The lowest BCUT2D eigenvalue weighted by atomic mass is 9.44. The molecule has 4 saturated carbocycles. The Kier molecular flexibility index (Phi) is 3.52. The molecule has 1 aromatic rings. The maximum atomic E-state index is 12.3. The van der Waals surface area contributed by atoms with Crippen LogP contribution in [0.4, 0.5) is 18.0 Å². The first-order valence-corrected chi connectivity index (χ1v) is 8.19. The van der Waals surface area contributed by atoms with E-state index >= 15 is 0 Å². The van der Waals surface area contributed by atoms with Gasteiger partial charge in [0, 0.05) is 11.7 Å². The van der Waals surface area contributed by atoms with Crippen molar-refractivity contribution in [2.45, 2.75) is 61.7 Å². The quantitative estimate of drug-likeness (QED) is 0.729. The number of nitrogens with one attached hydrogen (secondary N) is 2. The third kappa shape index (κ3) is 3.00. The second kappa shape index (κ2) is 5.35. The molecular weight excluding hydrogens is 357 g/mol. The zero-order valence-corrected chi connectivity index (χ0v) is 13.5. The van der Waals surface area contributed by atoms with Crippen LogP contribution < -0.4 is 10.6 Å². The van der Waals surface area contributed by atoms with Gasteiger partial charge in [-0.05, 0) is 32.1 Å². The third-order valence-electron chi connectivity index (χ3n) is 5.39. The summed E-state index contributed by atoms with van der Waals surface area (Å²) in [7, 11) is 0. The van der Waals surface area contributed by atoms with Crippen molar-refractivity contribution in [3.05, 3.63) is 18.0 Å². The molecule has 1 heterocycles. The Hall–Kier alpha value is -2.30. The van der Waals surface area contributed by atoms with Crippen LogP contribution in [0.25, 0.3) is 0 Å². The molecule has 0 saturated heterocycles. The van der Waals surface area contributed by atoms with Crippen molar-refractivity contribution < 1.29 is 32.6 Å². The smallest absolute Gasteiger partial charge is 0.465 e. The second-order valence-corrected chi connectivity index (χ2v) is 7.50. The van der Waals surface area contributed by atoms with Gasteiger partial charge < -0.3 is 15.7 Å². The minimum absolute atomic E-state index is 0.190. The molecule has 11 heteroatoms. The van der Waals surface area contributed by atoms with E-state index in [1.54, 1.807) is 0 Å². The monoisotopic (exact) mass is 374 g/mol. The zero-order chi connectivity index (χ0) is 18.7. The van der Waals surface area contributed by atoms with Crippen molar-refractivity contribution in [1.82, 2.24) is 20.4 Å². The highest BCUT2D eigenvalue weighted by molar-refractivity contribution is 5.94. The minimum Gasteiger partial charge on any atom is -0.465 e. The number of carboxylic acid groups (broad SMARTS) is 1. The predicted molar refractivity (Wildman–Crippen MR) is 79.4 cm³/mol. The first-order chi connectivity index (χ1) is 12.1. The van der Waals surface area contributed by atoms with Gasteiger partial charge in [-0.3, -0.25) is 14.2 Å². The Morgan fingerprint density at radius 1 is 1.23 bits per heavy atom. The van der Waals surface area contributed by atoms with Gasteiger partial charge in [-0.25, -0.2) is 4.79 Å². The molecule has 2 amide bonds. The van der Waals surface area contributed by atoms with Crippen LogP contribution in [0.3, 0.4) is 0 Å². The SMILES string of the molecule is O=C(O)NC12CC(NC(=O)c3cnn([C@H]4C[C@@H](OC(F)(F)F)C4)c3)(C1)C2. The van der Waals surface area contributed by atoms with Crippen LogP contribution in [0.15, 0.2) is 12.4 Å². The average molecular weight is 374 g/mol. The lowest BCUT2D eigenvalue weighted by molar-refractivity contribution is -0.353. The van der Waals surface area contributed by atoms with Crippen LogP contribution in [-0.4, -0.2) is 50.4 Å². The molecule has 5 rings (SSSR count). The molecule has 26 heavy (non-hydrogen) atoms. The molecule has 1 aromatic heterocycles. The van der Waals surface area contributed by atoms with E-state index in [2.05, 4.69) is 20.5 Å². The normalized spacial score (nSPS) is 34.9. The number of alkyl halides is 3. The van der Waals surface area contributed by atoms with Gasteiger partial charge >= 0.3 is 12.5 Å². The first-order valence-electron chi connectivity index (χ1n) is 8.19. The second-order valence-electron chi connectivity index (χ2n) is 7.50. The van der Waals surface area contributed by atoms with Crippen molar-refractivity contribution in [3.8, 4) is 0 Å². The minimum atomic E-state index is -4.64. The number of rotatable bonds is 5. The standard InChI is InChI=1S/C15H17F3N4O4/c16-15(17,18)26-10-1-9(2-10)22-4-8(3-19-22)11(23)20-13-5-14(6-13,7-13)21-12(24)25/h3-4,9-10,21H,1-2,5-7H2,(H,20,23)(H,24,25)/t9-,10+,13?,14?. The fourth-order valence-electron chi connectivity index (χ4n) is 4.29. The predicted octanol–water partition coefficient (Wildman–Crippen LogP) is 1.80. The zero-order valence-electron chi connectivity index (χ0n) is 13.5. The Bertz CT molecular complexity index is 737. The highest BCUT2D eigenvalue weighted by atomic mass is 19.4. The van der Waals surface area contributed by atoms with E-state index in [0.717, 1.165) is 0 Å². The molecule has 0 aromatic carbocycles. The van der Waals surface area contributed by atoms with Gasteiger partial charge in [0.25, 0.3) is 5.91 Å². The summed E-state index contributed by atoms with van der Waals surface area (Å²) in [6, 6.07) is -0.220. The summed E-state index contributed by atoms with van der Waals surface area (Å²) in [6.45, 7) is 0. The van der Waals surface area contributed by atoms with Crippen LogP contribution in [-0.2, 0) is 4.74 Å². The van der Waals surface area contributed by atoms with Crippen molar-refractivity contribution in [3.63, 3.8) is 0 Å². The fraction of sp³-hybridized carbons (Fsp3) is 0.667. The van der Waals surface area contributed by atoms with Crippen molar-refractivity contribution in [2.24, 2.45) is 0 Å². The van der Waals surface area contributed by atoms with Crippen LogP contribution in [0.5, 0.6) is 0 Å². The third-order valence-corrected chi connectivity index (χ3v) is 5.39. The van der Waals surface area contributed by atoms with Crippen LogP contribution >= 0.6 is 0 Å². The van der Waals surface area contributed by atoms with E-state index in [9.17, 15) is 22.8 Å². The largest absolute Gasteiger partial charge is 0.522 e. The molecule has 0 unspecified atom stereocenters. The van der Waals surface area contributed by atoms with Gasteiger partial charge in [0.15, 0.2) is 0 Å². The molecule has 0 aliphatic heterocycles. The number of nitrogens with zero attached hydrogens (tertiary/aromatic N) is 2. The Balaban J connectivity index is 1.27. The summed E-state index contributed by atoms with van der Waals surface area (Å²) in [6.07, 6.45) is -1.63. The van der Waals surface area contributed by atoms with E-state index in [1.807, 2.05) is 0 Å². The summed E-state index contributed by atoms with van der Waals surface area (Å²) in [5, 5.41) is 18.2. The van der Waals surface area contributed by atoms with E-state index < -0.39 is 24.1 Å². The van der Waals surface area contributed by atoms with Gasteiger partial charge in [-0.2, -0.15) is 5.10 Å². The Morgan fingerprint density at radius 2 is 1.85 bits per heavy atom. The molecule has 0 radical (unpaired) electrons. The number of hydrogen-bond acceptors (Lipinski definition) is 4. The number of halogens is 3. The number of carbonyl (C=O) groups is 2. The van der Waals surface area contributed by atoms with Crippen molar-refractivity contribution in [2.75, 3.05) is 0 Å². The molecular formula is C15H17F3N4O4. The lowest BCUT2D eigenvalue weighted by Gasteiger charge is -2.69. The first kappa shape index (κ1) is 17.1. The molecule has 4 aliphatic carbocycles. The van der Waals surface area contributed by atoms with Gasteiger partial charge in [0.05, 0.1) is 29.4 Å². The highest BCUT2D eigenvalue weighted by Gasteiger charge is 2.69. The number of carbonyl (C=O) groups excluding carboxylic acids is 1. The van der Waals surface area contributed by atoms with Crippen LogP contribution in [0.1, 0.15) is 48.5 Å². The molecule has 0 spiro atoms. The van der Waals surface area contributed by atoms with Gasteiger partial charge in [-0.1, -0.05) is 0 Å². The molecule has 2 bridgehead atoms. The van der Waals surface area contributed by atoms with Crippen LogP contribution in [0.2, 0.25) is 0 Å². The molecule has 0 atom stereocenters. The molecule has 8 nitrogen and oxygen atoms in total. The number of ether oxygens (including phenoxy) is 1. The maximum absolute atomic E-state index is 12.3. The topological polar surface area (TPSA) is 105 Å². The van der Waals surface area contributed by atoms with Crippen molar-refractivity contribution >= 4 is 12.0 Å². The number of aromatic nitrogens is 2. The molecule has 142 valence electrons. The average Bonchev–Trinajstić information content (AvgIpc) is 2.86. The van der Waals surface area contributed by atoms with E-state index in [-0.39, 0.29) is 30.3 Å². The van der Waals surface area contributed by atoms with Gasteiger partial charge in [0.1, 0.15) is 0 Å². The number of amides is 2. The van der Waals surface area contributed by atoms with Crippen molar-refractivity contribution in [1.29, 1.82) is 0 Å². The summed E-state index contributed by atoms with van der Waals surface area (Å²) in [5.41, 5.74) is -0.456. The summed E-state index contributed by atoms with van der Waals surface area (Å²) in [5.74, 6) is -0.317. The summed E-state index contributed by atoms with van der Waals surface area (Å²) in [4.78, 5) is 23.0. The van der Waals surface area contributed by atoms with Gasteiger partial charge in [-0.15, -0.1) is 13.2 Å². The molecule has 4 fully saturated rings. The van der Waals surface area contributed by atoms with Gasteiger partial charge in [0.2, 0.25) is 0 Å². The Morgan fingerprint density at radius 3 is 2.42 bits per heavy atom. The fourth-order valence-corrected chi connectivity index (χ4v) is 4.29. The van der Waals surface area contributed by atoms with E-state index in [0.29, 0.717) is 24.8 Å². The van der Waals surface area contributed by atoms with Crippen LogP contribution in [0, 0.1) is 0 Å². The van der Waals surface area contributed by atoms with E-state index in [4.69, 9.17) is 5.11 Å². The Labute approximate surface area is 145 Å². The summed E-state index contributed by atoms with van der Waals surface area (Å²) < 4.78 is 41.8. The number of hydrogen-bond donors (Lipinski definition) is 3. The van der Waals surface area contributed by atoms with E-state index in [1.165, 1.54) is 17.1 Å². The maximum Gasteiger partial charge on any atom is 0.522 e. The lowest BCUT2D eigenvalue weighted by Crippen LogP contribution is -2.83. The molecule has 3 N–H and O–H groups in total. The summed E-state index contributed by atoms with van der Waals surface area (Å²) >= 11 is 0. The molecule has 4 aliphatic rings.